The fourth-order valence-electron chi connectivity index (χ4n) is 2.86. The van der Waals surface area contributed by atoms with Crippen LogP contribution < -0.4 is 10.1 Å². The molecule has 6 nitrogen and oxygen atoms in total. The zero-order chi connectivity index (χ0) is 18.7. The molecule has 2 aromatic carbocycles. The fraction of sp³-hybridized carbons (Fsp3) is 0.278. The Labute approximate surface area is 166 Å². The zero-order valence-electron chi connectivity index (χ0n) is 14.2. The van der Waals surface area contributed by atoms with E-state index in [9.17, 15) is 13.2 Å². The molecule has 0 unspecified atom stereocenters. The van der Waals surface area contributed by atoms with Crippen LogP contribution in [-0.4, -0.2) is 38.8 Å². The number of benzene rings is 2. The molecule has 0 bridgehead atoms. The van der Waals surface area contributed by atoms with Crippen molar-refractivity contribution in [3.8, 4) is 5.75 Å². The number of hydrogen-bond acceptors (Lipinski definition) is 4. The quantitative estimate of drug-likeness (QED) is 0.659. The van der Waals surface area contributed by atoms with E-state index >= 15 is 0 Å². The molecule has 1 heterocycles. The summed E-state index contributed by atoms with van der Waals surface area (Å²) in [4.78, 5) is 12.7. The van der Waals surface area contributed by atoms with E-state index in [0.717, 1.165) is 16.4 Å². The number of nitrogens with zero attached hydrogens (tertiary/aromatic N) is 1. The number of amides is 1. The number of carbonyl (C=O) groups excluding carboxylic acids is 1. The van der Waals surface area contributed by atoms with Gasteiger partial charge in [0.15, 0.2) is 0 Å². The van der Waals surface area contributed by atoms with Gasteiger partial charge in [0.2, 0.25) is 10.0 Å². The van der Waals surface area contributed by atoms with Crippen molar-refractivity contribution in [1.82, 2.24) is 4.31 Å². The number of nitrogens with one attached hydrogen (secondary N) is 1. The van der Waals surface area contributed by atoms with Crippen LogP contribution >= 0.6 is 22.6 Å². The van der Waals surface area contributed by atoms with Gasteiger partial charge in [0.25, 0.3) is 5.91 Å². The topological polar surface area (TPSA) is 75.7 Å². The first kappa shape index (κ1) is 19.1. The van der Waals surface area contributed by atoms with Crippen molar-refractivity contribution >= 4 is 44.2 Å². The van der Waals surface area contributed by atoms with Gasteiger partial charge in [-0.05, 0) is 65.8 Å². The predicted molar refractivity (Wildman–Crippen MR) is 108 cm³/mol. The number of ether oxygens (including phenoxy) is 1. The summed E-state index contributed by atoms with van der Waals surface area (Å²) in [5.74, 6) is 0.0914. The molecule has 1 N–H and O–H groups in total. The Morgan fingerprint density at radius 3 is 2.50 bits per heavy atom. The summed E-state index contributed by atoms with van der Waals surface area (Å²) in [6, 6.07) is 11.7. The van der Waals surface area contributed by atoms with Gasteiger partial charge in [-0.25, -0.2) is 8.42 Å². The molecular weight excluding hydrogens is 467 g/mol. The van der Waals surface area contributed by atoms with Gasteiger partial charge in [-0.1, -0.05) is 12.1 Å². The van der Waals surface area contributed by atoms with Crippen molar-refractivity contribution < 1.29 is 17.9 Å². The van der Waals surface area contributed by atoms with Crippen molar-refractivity contribution in [2.75, 3.05) is 25.5 Å². The highest BCUT2D eigenvalue weighted by Crippen LogP contribution is 2.30. The van der Waals surface area contributed by atoms with E-state index < -0.39 is 10.0 Å². The zero-order valence-corrected chi connectivity index (χ0v) is 17.2. The first-order chi connectivity index (χ1) is 12.4. The van der Waals surface area contributed by atoms with Crippen molar-refractivity contribution in [1.29, 1.82) is 0 Å². The second-order valence-corrected chi connectivity index (χ2v) is 9.01. The second-order valence-electron chi connectivity index (χ2n) is 5.91. The van der Waals surface area contributed by atoms with E-state index in [-0.39, 0.29) is 10.8 Å². The van der Waals surface area contributed by atoms with E-state index in [1.165, 1.54) is 23.5 Å². The molecule has 2 aromatic rings. The van der Waals surface area contributed by atoms with E-state index in [1.54, 1.807) is 18.2 Å². The molecule has 0 saturated carbocycles. The fourth-order valence-corrected chi connectivity index (χ4v) is 5.03. The van der Waals surface area contributed by atoms with Gasteiger partial charge in [-0.3, -0.25) is 4.79 Å². The summed E-state index contributed by atoms with van der Waals surface area (Å²) in [6.07, 6.45) is 1.73. The van der Waals surface area contributed by atoms with Crippen molar-refractivity contribution in [2.24, 2.45) is 0 Å². The average Bonchev–Trinajstić information content (AvgIpc) is 3.17. The Balaban J connectivity index is 1.93. The highest BCUT2D eigenvalue weighted by Gasteiger charge is 2.28. The highest BCUT2D eigenvalue weighted by atomic mass is 127. The van der Waals surface area contributed by atoms with Crippen LogP contribution in [0.1, 0.15) is 23.2 Å². The van der Waals surface area contributed by atoms with Crippen LogP contribution in [0.3, 0.4) is 0 Å². The first-order valence-corrected chi connectivity index (χ1v) is 10.7. The van der Waals surface area contributed by atoms with Crippen LogP contribution in [0.15, 0.2) is 47.4 Å². The molecule has 0 spiro atoms. The third-order valence-corrected chi connectivity index (χ3v) is 7.08. The smallest absolute Gasteiger partial charge is 0.256 e. The number of sulfonamides is 1. The molecule has 8 heteroatoms. The molecule has 1 amide bonds. The van der Waals surface area contributed by atoms with Crippen molar-refractivity contribution in [2.45, 2.75) is 17.7 Å². The lowest BCUT2D eigenvalue weighted by molar-refractivity contribution is 0.102. The Morgan fingerprint density at radius 1 is 1.15 bits per heavy atom. The summed E-state index contributed by atoms with van der Waals surface area (Å²) in [5, 5.41) is 2.77. The van der Waals surface area contributed by atoms with Crippen LogP contribution in [0.5, 0.6) is 5.75 Å². The van der Waals surface area contributed by atoms with Gasteiger partial charge >= 0.3 is 0 Å². The molecule has 1 aliphatic heterocycles. The Kier molecular flexibility index (Phi) is 5.83. The monoisotopic (exact) mass is 486 g/mol. The molecule has 1 fully saturated rings. The van der Waals surface area contributed by atoms with Crippen molar-refractivity contribution in [3.05, 3.63) is 51.6 Å². The predicted octanol–water partition coefficient (Wildman–Crippen LogP) is 3.34. The maximum Gasteiger partial charge on any atom is 0.256 e. The number of carbonyl (C=O) groups is 1. The van der Waals surface area contributed by atoms with Crippen LogP contribution in [0.25, 0.3) is 0 Å². The maximum absolute atomic E-state index is 12.8. The van der Waals surface area contributed by atoms with Gasteiger partial charge in [0.05, 0.1) is 23.3 Å². The highest BCUT2D eigenvalue weighted by molar-refractivity contribution is 14.1. The summed E-state index contributed by atoms with van der Waals surface area (Å²) < 4.78 is 33.1. The van der Waals surface area contributed by atoms with Crippen LogP contribution in [0, 0.1) is 3.57 Å². The number of anilines is 1. The number of rotatable bonds is 5. The molecule has 138 valence electrons. The van der Waals surface area contributed by atoms with Gasteiger partial charge in [0.1, 0.15) is 5.75 Å². The lowest BCUT2D eigenvalue weighted by Gasteiger charge is -2.17. The largest absolute Gasteiger partial charge is 0.495 e. The normalized spacial score (nSPS) is 15.0. The minimum absolute atomic E-state index is 0.151. The SMILES string of the molecule is COc1ccc(S(=O)(=O)N2CCCC2)cc1NC(=O)c1ccccc1I. The third kappa shape index (κ3) is 3.86. The Hall–Kier alpha value is -1.65. The Bertz CT molecular complexity index is 925. The van der Waals surface area contributed by atoms with Gasteiger partial charge in [0, 0.05) is 16.7 Å². The number of hydrogen-bond donors (Lipinski definition) is 1. The van der Waals surface area contributed by atoms with Gasteiger partial charge in [-0.15, -0.1) is 0 Å². The molecule has 26 heavy (non-hydrogen) atoms. The minimum atomic E-state index is -3.57. The number of halogens is 1. The minimum Gasteiger partial charge on any atom is -0.495 e. The van der Waals surface area contributed by atoms with Gasteiger partial charge < -0.3 is 10.1 Å². The lowest BCUT2D eigenvalue weighted by Crippen LogP contribution is -2.28. The molecule has 1 saturated heterocycles. The van der Waals surface area contributed by atoms with E-state index in [2.05, 4.69) is 27.9 Å². The lowest BCUT2D eigenvalue weighted by atomic mass is 10.2. The molecule has 3 rings (SSSR count). The Morgan fingerprint density at radius 2 is 1.85 bits per heavy atom. The first-order valence-electron chi connectivity index (χ1n) is 8.17. The maximum atomic E-state index is 12.8. The summed E-state index contributed by atoms with van der Waals surface area (Å²) >= 11 is 2.09. The van der Waals surface area contributed by atoms with E-state index in [4.69, 9.17) is 4.74 Å². The van der Waals surface area contributed by atoms with E-state index in [0.29, 0.717) is 30.1 Å². The van der Waals surface area contributed by atoms with Crippen LogP contribution in [0.4, 0.5) is 5.69 Å². The second kappa shape index (κ2) is 7.93. The molecule has 1 aliphatic rings. The van der Waals surface area contributed by atoms with Crippen LogP contribution in [-0.2, 0) is 10.0 Å². The molecular formula is C18H19IN2O4S. The molecule has 0 radical (unpaired) electrons. The third-order valence-electron chi connectivity index (χ3n) is 4.24. The van der Waals surface area contributed by atoms with Crippen molar-refractivity contribution in [3.63, 3.8) is 0 Å². The van der Waals surface area contributed by atoms with Crippen LogP contribution in [0.2, 0.25) is 0 Å². The molecule has 0 aliphatic carbocycles. The van der Waals surface area contributed by atoms with Gasteiger partial charge in [-0.2, -0.15) is 4.31 Å². The standard InChI is InChI=1S/C18H19IN2O4S/c1-25-17-9-8-13(26(23,24)21-10-4-5-11-21)12-16(17)20-18(22)14-6-2-3-7-15(14)19/h2-3,6-9,12H,4-5,10-11H2,1H3,(H,20,22). The summed E-state index contributed by atoms with van der Waals surface area (Å²) in [5.41, 5.74) is 0.848. The van der Waals surface area contributed by atoms with E-state index in [1.807, 2.05) is 12.1 Å². The molecule has 0 aromatic heterocycles. The molecule has 0 atom stereocenters. The summed E-state index contributed by atoms with van der Waals surface area (Å²) in [7, 11) is -2.09. The summed E-state index contributed by atoms with van der Waals surface area (Å²) in [6.45, 7) is 1.05. The number of methoxy groups -OCH3 is 1. The average molecular weight is 486 g/mol.